The Morgan fingerprint density at radius 3 is 1.81 bits per heavy atom. The summed E-state index contributed by atoms with van der Waals surface area (Å²) in [5.41, 5.74) is 0. The summed E-state index contributed by atoms with van der Waals surface area (Å²) in [4.78, 5) is 34.1. The fourth-order valence-corrected chi connectivity index (χ4v) is 2.03. The molecule has 0 saturated carbocycles. The molecule has 16 heavy (non-hydrogen) atoms. The Balaban J connectivity index is 4.81. The molecule has 0 aliphatic carbocycles. The minimum atomic E-state index is -5.00. The van der Waals surface area contributed by atoms with E-state index in [9.17, 15) is 9.13 Å². The molecule has 9 nitrogen and oxygen atoms in total. The first-order chi connectivity index (χ1) is 6.97. The Morgan fingerprint density at radius 2 is 1.56 bits per heavy atom. The van der Waals surface area contributed by atoms with Crippen molar-refractivity contribution in [3.05, 3.63) is 12.8 Å². The highest BCUT2D eigenvalue weighted by molar-refractivity contribution is 7.47. The zero-order chi connectivity index (χ0) is 13.0. The van der Waals surface area contributed by atoms with Crippen LogP contribution in [-0.4, -0.2) is 32.0 Å². The molecule has 0 fully saturated rings. The lowest BCUT2D eigenvalue weighted by Crippen LogP contribution is -2.35. The smallest absolute Gasteiger partial charge is 0.472 e. The summed E-state index contributed by atoms with van der Waals surface area (Å²) in [6, 6.07) is 0. The molecule has 0 aromatic heterocycles. The van der Waals surface area contributed by atoms with E-state index in [0.717, 1.165) is 13.2 Å². The van der Waals surface area contributed by atoms with Crippen molar-refractivity contribution in [3.8, 4) is 0 Å². The van der Waals surface area contributed by atoms with Crippen molar-refractivity contribution in [2.75, 3.05) is 6.61 Å². The number of hydrogen-bond donors (Lipinski definition) is 4. The van der Waals surface area contributed by atoms with Crippen molar-refractivity contribution >= 4 is 15.6 Å². The van der Waals surface area contributed by atoms with Gasteiger partial charge in [0.2, 0.25) is 5.79 Å². The Labute approximate surface area is 91.1 Å². The van der Waals surface area contributed by atoms with Gasteiger partial charge in [0.15, 0.2) is 0 Å². The van der Waals surface area contributed by atoms with Gasteiger partial charge in [0.25, 0.3) is 0 Å². The first kappa shape index (κ1) is 15.8. The van der Waals surface area contributed by atoms with E-state index in [1.807, 2.05) is 0 Å². The molecule has 0 heterocycles. The van der Waals surface area contributed by atoms with Gasteiger partial charge in [-0.15, -0.1) is 0 Å². The van der Waals surface area contributed by atoms with Crippen molar-refractivity contribution in [2.24, 2.45) is 0 Å². The number of rotatable bonds is 7. The Hall–Kier alpha value is -0.240. The Morgan fingerprint density at radius 1 is 1.19 bits per heavy atom. The lowest BCUT2D eigenvalue weighted by molar-refractivity contribution is -0.152. The SMILES string of the molecule is C=COCC(C)(OP(=O)(O)O)OP(=O)(O)O. The predicted molar refractivity (Wildman–Crippen MR) is 50.8 cm³/mol. The van der Waals surface area contributed by atoms with E-state index in [0.29, 0.717) is 0 Å². The first-order valence-corrected chi connectivity index (χ1v) is 6.79. The third kappa shape index (κ3) is 7.98. The van der Waals surface area contributed by atoms with Gasteiger partial charge in [0.05, 0.1) is 6.26 Å². The normalized spacial score (nSPS) is 13.6. The van der Waals surface area contributed by atoms with Crippen LogP contribution in [0.3, 0.4) is 0 Å². The topological polar surface area (TPSA) is 143 Å². The van der Waals surface area contributed by atoms with Crippen molar-refractivity contribution in [3.63, 3.8) is 0 Å². The summed E-state index contributed by atoms with van der Waals surface area (Å²) in [6.45, 7) is 3.37. The molecule has 11 heteroatoms. The zero-order valence-electron chi connectivity index (χ0n) is 8.22. The van der Waals surface area contributed by atoms with E-state index in [1.54, 1.807) is 0 Å². The first-order valence-electron chi connectivity index (χ1n) is 3.72. The lowest BCUT2D eigenvalue weighted by Gasteiger charge is -2.28. The summed E-state index contributed by atoms with van der Waals surface area (Å²) in [5.74, 6) is -2.30. The second-order valence-corrected chi connectivity index (χ2v) is 5.10. The number of hydrogen-bond acceptors (Lipinski definition) is 5. The second-order valence-electron chi connectivity index (χ2n) is 2.78. The summed E-state index contributed by atoms with van der Waals surface area (Å²) >= 11 is 0. The van der Waals surface area contributed by atoms with Crippen LogP contribution in [0.2, 0.25) is 0 Å². The molecule has 0 atom stereocenters. The van der Waals surface area contributed by atoms with E-state index in [-0.39, 0.29) is 0 Å². The Kier molecular flexibility index (Phi) is 5.31. The van der Waals surface area contributed by atoms with Crippen LogP contribution in [0.15, 0.2) is 12.8 Å². The standard InChI is InChI=1S/C5H12O9P2/c1-3-12-4-5(2,13-15(6,7)8)14-16(9,10)11/h3H,1,4H2,2H3,(H2,6,7,8)(H2,9,10,11). The average Bonchev–Trinajstić information content (AvgIpc) is 1.93. The molecule has 0 radical (unpaired) electrons. The van der Waals surface area contributed by atoms with Crippen LogP contribution >= 0.6 is 15.6 Å². The number of phosphoric acid groups is 2. The fourth-order valence-electron chi connectivity index (χ4n) is 0.783. The van der Waals surface area contributed by atoms with Gasteiger partial charge in [-0.3, -0.25) is 0 Å². The van der Waals surface area contributed by atoms with Crippen LogP contribution in [0.5, 0.6) is 0 Å². The number of ether oxygens (including phenoxy) is 1. The van der Waals surface area contributed by atoms with Crippen LogP contribution in [0, 0.1) is 0 Å². The predicted octanol–water partition coefficient (Wildman–Crippen LogP) is 0.0813. The molecule has 0 saturated heterocycles. The molecular weight excluding hydrogens is 266 g/mol. The number of phosphoric ester groups is 2. The van der Waals surface area contributed by atoms with E-state index in [2.05, 4.69) is 20.4 Å². The van der Waals surface area contributed by atoms with Gasteiger partial charge in [-0.25, -0.2) is 18.2 Å². The minimum Gasteiger partial charge on any atom is -0.496 e. The monoisotopic (exact) mass is 278 g/mol. The molecule has 0 aromatic carbocycles. The van der Waals surface area contributed by atoms with Crippen molar-refractivity contribution < 1.29 is 42.5 Å². The van der Waals surface area contributed by atoms with Gasteiger partial charge in [0.1, 0.15) is 6.61 Å². The van der Waals surface area contributed by atoms with Gasteiger partial charge < -0.3 is 24.3 Å². The Bertz CT molecular complexity index is 303. The van der Waals surface area contributed by atoms with Crippen molar-refractivity contribution in [1.29, 1.82) is 0 Å². The van der Waals surface area contributed by atoms with Crippen LogP contribution in [0.25, 0.3) is 0 Å². The van der Waals surface area contributed by atoms with E-state index < -0.39 is 28.0 Å². The molecule has 0 spiro atoms. The molecule has 0 bridgehead atoms. The van der Waals surface area contributed by atoms with Gasteiger partial charge in [-0.2, -0.15) is 0 Å². The molecule has 0 aliphatic rings. The molecule has 0 unspecified atom stereocenters. The highest BCUT2D eigenvalue weighted by Crippen LogP contribution is 2.48. The van der Waals surface area contributed by atoms with Gasteiger partial charge in [-0.05, 0) is 6.92 Å². The highest BCUT2D eigenvalue weighted by Gasteiger charge is 2.41. The summed E-state index contributed by atoms with van der Waals surface area (Å²) in [5, 5.41) is 0. The molecular formula is C5H12O9P2. The largest absolute Gasteiger partial charge is 0.496 e. The summed E-state index contributed by atoms with van der Waals surface area (Å²) in [6.07, 6.45) is 0.893. The molecule has 0 rings (SSSR count). The molecule has 96 valence electrons. The van der Waals surface area contributed by atoms with Gasteiger partial charge in [-0.1, -0.05) is 6.58 Å². The molecule has 4 N–H and O–H groups in total. The third-order valence-corrected chi connectivity index (χ3v) is 2.34. The van der Waals surface area contributed by atoms with Crippen LogP contribution < -0.4 is 0 Å². The van der Waals surface area contributed by atoms with Crippen molar-refractivity contribution in [2.45, 2.75) is 12.7 Å². The maximum atomic E-state index is 10.6. The van der Waals surface area contributed by atoms with Crippen LogP contribution in [0.4, 0.5) is 0 Å². The fraction of sp³-hybridized carbons (Fsp3) is 0.600. The van der Waals surface area contributed by atoms with Crippen LogP contribution in [0.1, 0.15) is 6.92 Å². The second kappa shape index (κ2) is 5.39. The maximum Gasteiger partial charge on any atom is 0.472 e. The van der Waals surface area contributed by atoms with Gasteiger partial charge >= 0.3 is 15.6 Å². The molecule has 0 aliphatic heterocycles. The minimum absolute atomic E-state index is 0.660. The zero-order valence-corrected chi connectivity index (χ0v) is 10.0. The highest BCUT2D eigenvalue weighted by atomic mass is 31.2. The summed E-state index contributed by atoms with van der Waals surface area (Å²) in [7, 11) is -9.99. The van der Waals surface area contributed by atoms with E-state index in [1.165, 1.54) is 0 Å². The quantitative estimate of drug-likeness (QED) is 0.289. The third-order valence-electron chi connectivity index (χ3n) is 1.09. The van der Waals surface area contributed by atoms with E-state index in [4.69, 9.17) is 19.6 Å². The van der Waals surface area contributed by atoms with E-state index >= 15 is 0 Å². The van der Waals surface area contributed by atoms with Crippen molar-refractivity contribution in [1.82, 2.24) is 0 Å². The van der Waals surface area contributed by atoms with Gasteiger partial charge in [0, 0.05) is 0 Å². The van der Waals surface area contributed by atoms with Crippen LogP contribution in [-0.2, 0) is 22.9 Å². The summed E-state index contributed by atoms with van der Waals surface area (Å²) < 4.78 is 33.8. The maximum absolute atomic E-state index is 10.6. The lowest BCUT2D eigenvalue weighted by atomic mass is 10.4. The molecule has 0 aromatic rings. The average molecular weight is 278 g/mol. The molecule has 0 amide bonds.